The summed E-state index contributed by atoms with van der Waals surface area (Å²) in [6.45, 7) is 9.52. The summed E-state index contributed by atoms with van der Waals surface area (Å²) in [5.41, 5.74) is 11.9. The van der Waals surface area contributed by atoms with Crippen LogP contribution in [0.2, 0.25) is 0 Å². The highest BCUT2D eigenvalue weighted by atomic mass is 16.5. The minimum Gasteiger partial charge on any atom is -0.381 e. The van der Waals surface area contributed by atoms with Gasteiger partial charge in [0.25, 0.3) is 0 Å². The van der Waals surface area contributed by atoms with E-state index in [1.54, 1.807) is 0 Å². The lowest BCUT2D eigenvalue weighted by Gasteiger charge is -2.21. The maximum absolute atomic E-state index is 13.1. The molecule has 0 radical (unpaired) electrons. The lowest BCUT2D eigenvalue weighted by atomic mass is 9.98. The van der Waals surface area contributed by atoms with Crippen LogP contribution in [0, 0.1) is 11.8 Å². The van der Waals surface area contributed by atoms with Crippen LogP contribution in [-0.2, 0) is 14.3 Å². The Morgan fingerprint density at radius 2 is 0.943 bits per heavy atom. The molecule has 0 unspecified atom stereocenters. The minimum atomic E-state index is -0.462. The molecule has 0 aliphatic carbocycles. The molecule has 53 heavy (non-hydrogen) atoms. The summed E-state index contributed by atoms with van der Waals surface area (Å²) in [6.07, 6.45) is 50.1. The van der Waals surface area contributed by atoms with Gasteiger partial charge in [0.2, 0.25) is 5.91 Å². The van der Waals surface area contributed by atoms with Crippen molar-refractivity contribution < 1.29 is 14.3 Å². The summed E-state index contributed by atoms with van der Waals surface area (Å²) in [4.78, 5) is 15.1. The fraction of sp³-hybridized carbons (Fsp3) is 0.809. The average Bonchev–Trinajstić information content (AvgIpc) is 3.58. The molecule has 0 aromatic heterocycles. The summed E-state index contributed by atoms with van der Waals surface area (Å²) in [5, 5.41) is 0. The quantitative estimate of drug-likeness (QED) is 0.0486. The van der Waals surface area contributed by atoms with Crippen molar-refractivity contribution in [1.82, 2.24) is 4.90 Å². The zero-order chi connectivity index (χ0) is 38.3. The number of unbranched alkanes of at least 4 members (excludes halogenated alkanes) is 18. The topological polar surface area (TPSA) is 90.8 Å². The zero-order valence-corrected chi connectivity index (χ0v) is 35.0. The van der Waals surface area contributed by atoms with Gasteiger partial charge in [-0.1, -0.05) is 140 Å². The molecule has 6 heteroatoms. The third-order valence-electron chi connectivity index (χ3n) is 10.6. The van der Waals surface area contributed by atoms with Crippen molar-refractivity contribution >= 4 is 5.91 Å². The fourth-order valence-corrected chi connectivity index (χ4v) is 7.05. The molecular formula is C47H87N3O3. The van der Waals surface area contributed by atoms with E-state index in [2.05, 4.69) is 62.5 Å². The Labute approximate surface area is 329 Å². The molecule has 1 aliphatic rings. The SMILES string of the molecule is CCCCCC=CCC=CCCCCCCCCOC[C@@H]1CN(C(=O)[C@@H](N)CCCN)C[C@H]1COCCCCCCCCC=CCC=CCCCCC. The van der Waals surface area contributed by atoms with Crippen LogP contribution in [0.15, 0.2) is 48.6 Å². The molecule has 0 spiro atoms. The number of rotatable bonds is 38. The number of ether oxygens (including phenoxy) is 2. The molecule has 4 N–H and O–H groups in total. The second-order valence-corrected chi connectivity index (χ2v) is 15.6. The van der Waals surface area contributed by atoms with Crippen LogP contribution in [0.25, 0.3) is 0 Å². The van der Waals surface area contributed by atoms with Crippen molar-refractivity contribution in [2.75, 3.05) is 46.1 Å². The molecule has 0 saturated carbocycles. The third-order valence-corrected chi connectivity index (χ3v) is 10.6. The van der Waals surface area contributed by atoms with Crippen LogP contribution in [-0.4, -0.2) is 62.9 Å². The standard InChI is InChI=1S/C47H87N3O3/c1-3-5-7-9-11-13-15-17-19-21-23-25-27-29-31-33-38-52-42-44-40-50(47(51)46(49)36-35-37-48)41-45(44)43-53-39-34-32-30-28-26-24-22-20-18-16-14-12-10-8-6-4-2/h11-14,17-20,44-46H,3-10,15-16,21-43,48-49H2,1-2H3/t44-,45-,46-/m0/s1. The van der Waals surface area contributed by atoms with Crippen LogP contribution in [0.5, 0.6) is 0 Å². The van der Waals surface area contributed by atoms with Gasteiger partial charge >= 0.3 is 0 Å². The number of nitrogens with two attached hydrogens (primary N) is 2. The van der Waals surface area contributed by atoms with Crippen LogP contribution in [0.3, 0.4) is 0 Å². The van der Waals surface area contributed by atoms with E-state index in [4.69, 9.17) is 20.9 Å². The Balaban J connectivity index is 2.18. The average molecular weight is 742 g/mol. The van der Waals surface area contributed by atoms with E-state index in [-0.39, 0.29) is 5.91 Å². The zero-order valence-electron chi connectivity index (χ0n) is 35.0. The first-order valence-electron chi connectivity index (χ1n) is 22.6. The van der Waals surface area contributed by atoms with E-state index >= 15 is 0 Å². The molecule has 1 rings (SSSR count). The first-order chi connectivity index (χ1) is 26.1. The van der Waals surface area contributed by atoms with Crippen molar-refractivity contribution in [3.8, 4) is 0 Å². The second-order valence-electron chi connectivity index (χ2n) is 15.6. The number of carbonyl (C=O) groups excluding carboxylic acids is 1. The number of hydrogen-bond acceptors (Lipinski definition) is 5. The van der Waals surface area contributed by atoms with E-state index in [1.807, 2.05) is 4.90 Å². The molecule has 308 valence electrons. The van der Waals surface area contributed by atoms with E-state index in [0.29, 0.717) is 38.0 Å². The number of likely N-dealkylation sites (tertiary alicyclic amines) is 1. The molecule has 0 aromatic carbocycles. The van der Waals surface area contributed by atoms with Crippen molar-refractivity contribution in [3.63, 3.8) is 0 Å². The molecule has 6 nitrogen and oxygen atoms in total. The monoisotopic (exact) mass is 742 g/mol. The minimum absolute atomic E-state index is 0.0567. The van der Waals surface area contributed by atoms with Crippen LogP contribution in [0.1, 0.15) is 181 Å². The van der Waals surface area contributed by atoms with Gasteiger partial charge in [-0.05, 0) is 96.4 Å². The lowest BCUT2D eigenvalue weighted by molar-refractivity contribution is -0.132. The van der Waals surface area contributed by atoms with Crippen LogP contribution >= 0.6 is 0 Å². The van der Waals surface area contributed by atoms with Gasteiger partial charge in [-0.2, -0.15) is 0 Å². The van der Waals surface area contributed by atoms with Crippen LogP contribution < -0.4 is 11.5 Å². The highest BCUT2D eigenvalue weighted by Gasteiger charge is 2.36. The third kappa shape index (κ3) is 30.2. The van der Waals surface area contributed by atoms with Gasteiger partial charge in [0.05, 0.1) is 19.3 Å². The normalized spacial score (nSPS) is 17.2. The van der Waals surface area contributed by atoms with Gasteiger partial charge in [0.15, 0.2) is 0 Å². The number of carbonyl (C=O) groups is 1. The molecule has 0 aromatic rings. The Morgan fingerprint density at radius 3 is 1.34 bits per heavy atom. The molecule has 1 heterocycles. The summed E-state index contributed by atoms with van der Waals surface area (Å²) in [6, 6.07) is -0.462. The van der Waals surface area contributed by atoms with Crippen LogP contribution in [0.4, 0.5) is 0 Å². The Hall–Kier alpha value is -1.73. The summed E-state index contributed by atoms with van der Waals surface area (Å²) >= 11 is 0. The highest BCUT2D eigenvalue weighted by Crippen LogP contribution is 2.26. The van der Waals surface area contributed by atoms with Crippen molar-refractivity contribution in [1.29, 1.82) is 0 Å². The molecule has 1 amide bonds. The molecular weight excluding hydrogens is 655 g/mol. The van der Waals surface area contributed by atoms with E-state index in [9.17, 15) is 4.79 Å². The maximum atomic E-state index is 13.1. The summed E-state index contributed by atoms with van der Waals surface area (Å²) in [5.74, 6) is 0.670. The molecule has 1 fully saturated rings. The number of allylic oxidation sites excluding steroid dienone is 8. The Morgan fingerprint density at radius 1 is 0.566 bits per heavy atom. The van der Waals surface area contributed by atoms with Gasteiger partial charge in [-0.15, -0.1) is 0 Å². The summed E-state index contributed by atoms with van der Waals surface area (Å²) in [7, 11) is 0. The lowest BCUT2D eigenvalue weighted by Crippen LogP contribution is -2.43. The Bertz CT molecular complexity index is 857. The van der Waals surface area contributed by atoms with Gasteiger partial charge in [-0.25, -0.2) is 0 Å². The predicted molar refractivity (Wildman–Crippen MR) is 230 cm³/mol. The number of hydrogen-bond donors (Lipinski definition) is 2. The van der Waals surface area contributed by atoms with Gasteiger partial charge in [-0.3, -0.25) is 4.79 Å². The van der Waals surface area contributed by atoms with E-state index in [0.717, 1.165) is 58.4 Å². The number of nitrogens with zero attached hydrogens (tertiary/aromatic N) is 1. The maximum Gasteiger partial charge on any atom is 0.239 e. The second kappa shape index (κ2) is 38.5. The van der Waals surface area contributed by atoms with Gasteiger partial charge in [0.1, 0.15) is 0 Å². The van der Waals surface area contributed by atoms with Crippen molar-refractivity contribution in [3.05, 3.63) is 48.6 Å². The highest BCUT2D eigenvalue weighted by molar-refractivity contribution is 5.81. The number of amides is 1. The molecule has 3 atom stereocenters. The molecule has 0 bridgehead atoms. The van der Waals surface area contributed by atoms with Crippen molar-refractivity contribution in [2.45, 2.75) is 187 Å². The predicted octanol–water partition coefficient (Wildman–Crippen LogP) is 11.8. The van der Waals surface area contributed by atoms with Crippen molar-refractivity contribution in [2.24, 2.45) is 23.3 Å². The fourth-order valence-electron chi connectivity index (χ4n) is 7.05. The first kappa shape index (κ1) is 49.3. The van der Waals surface area contributed by atoms with E-state index in [1.165, 1.54) is 128 Å². The molecule has 1 aliphatic heterocycles. The van der Waals surface area contributed by atoms with E-state index < -0.39 is 6.04 Å². The largest absolute Gasteiger partial charge is 0.381 e. The molecule has 1 saturated heterocycles. The summed E-state index contributed by atoms with van der Waals surface area (Å²) < 4.78 is 12.4. The van der Waals surface area contributed by atoms with Gasteiger partial charge < -0.3 is 25.8 Å². The Kier molecular flexibility index (Phi) is 35.8. The van der Waals surface area contributed by atoms with Gasteiger partial charge in [0, 0.05) is 38.1 Å². The first-order valence-corrected chi connectivity index (χ1v) is 22.6. The smallest absolute Gasteiger partial charge is 0.239 e.